The third kappa shape index (κ3) is 4.73. The zero-order valence-corrected chi connectivity index (χ0v) is 20.9. The molecule has 1 aliphatic rings. The van der Waals surface area contributed by atoms with Crippen molar-refractivity contribution in [1.29, 1.82) is 0 Å². The monoisotopic (exact) mass is 485 g/mol. The number of furan rings is 1. The van der Waals surface area contributed by atoms with Gasteiger partial charge in [-0.05, 0) is 49.2 Å². The predicted octanol–water partition coefficient (Wildman–Crippen LogP) is 4.52. The van der Waals surface area contributed by atoms with Gasteiger partial charge in [0.1, 0.15) is 11.4 Å². The molecular formula is C29H31N3O4. The number of carbonyl (C=O) groups excluding carboxylic acids is 2. The van der Waals surface area contributed by atoms with Crippen LogP contribution in [-0.4, -0.2) is 59.0 Å². The number of aromatic nitrogens is 1. The van der Waals surface area contributed by atoms with Gasteiger partial charge in [-0.25, -0.2) is 0 Å². The first-order chi connectivity index (χ1) is 17.4. The number of amides is 2. The average Bonchev–Trinajstić information content (AvgIpc) is 3.46. The lowest BCUT2D eigenvalue weighted by Gasteiger charge is -2.40. The molecule has 0 bridgehead atoms. The lowest BCUT2D eigenvalue weighted by molar-refractivity contribution is -0.134. The van der Waals surface area contributed by atoms with E-state index in [1.807, 2.05) is 63.8 Å². The smallest absolute Gasteiger partial charge is 0.270 e. The largest absolute Gasteiger partial charge is 0.497 e. The molecule has 0 saturated carbocycles. The molecule has 5 rings (SSSR count). The zero-order valence-electron chi connectivity index (χ0n) is 20.9. The standard InChI is InChI=1S/C29H31N3O4/c1-20-5-4-6-23(15-20)19-32-26(17-24-11-14-36-29(24)32)28(34)30-12-13-31(21(2)18-30)27(33)16-22-7-9-25(35-3)10-8-22/h4-11,14-15,17,21H,12-13,16,18-19H2,1-3H3. The van der Waals surface area contributed by atoms with Crippen LogP contribution in [0.15, 0.2) is 71.3 Å². The topological polar surface area (TPSA) is 67.9 Å². The summed E-state index contributed by atoms with van der Waals surface area (Å²) in [6.45, 7) is 6.11. The minimum atomic E-state index is -0.0726. The van der Waals surface area contributed by atoms with Gasteiger partial charge in [-0.15, -0.1) is 0 Å². The van der Waals surface area contributed by atoms with Crippen molar-refractivity contribution in [3.8, 4) is 5.75 Å². The molecule has 1 unspecified atom stereocenters. The van der Waals surface area contributed by atoms with Crippen molar-refractivity contribution in [2.45, 2.75) is 32.9 Å². The summed E-state index contributed by atoms with van der Waals surface area (Å²) in [6.07, 6.45) is 1.99. The second-order valence-corrected chi connectivity index (χ2v) is 9.50. The molecule has 36 heavy (non-hydrogen) atoms. The van der Waals surface area contributed by atoms with E-state index >= 15 is 0 Å². The van der Waals surface area contributed by atoms with Crippen LogP contribution in [0.1, 0.15) is 34.1 Å². The van der Waals surface area contributed by atoms with Crippen LogP contribution in [0.4, 0.5) is 0 Å². The fourth-order valence-corrected chi connectivity index (χ4v) is 5.00. The number of ether oxygens (including phenoxy) is 1. The lowest BCUT2D eigenvalue weighted by atomic mass is 10.1. The third-order valence-corrected chi connectivity index (χ3v) is 6.89. The van der Waals surface area contributed by atoms with E-state index in [4.69, 9.17) is 9.15 Å². The molecule has 7 nitrogen and oxygen atoms in total. The van der Waals surface area contributed by atoms with E-state index in [1.165, 1.54) is 5.56 Å². The van der Waals surface area contributed by atoms with Crippen molar-refractivity contribution in [3.63, 3.8) is 0 Å². The molecular weight excluding hydrogens is 454 g/mol. The summed E-state index contributed by atoms with van der Waals surface area (Å²) >= 11 is 0. The van der Waals surface area contributed by atoms with Crippen LogP contribution in [-0.2, 0) is 17.8 Å². The Morgan fingerprint density at radius 2 is 1.83 bits per heavy atom. The Bertz CT molecular complexity index is 1390. The Hall–Kier alpha value is -4.00. The Morgan fingerprint density at radius 1 is 1.03 bits per heavy atom. The quantitative estimate of drug-likeness (QED) is 0.403. The molecule has 2 aromatic carbocycles. The Labute approximate surface area is 210 Å². The number of hydrogen-bond donors (Lipinski definition) is 0. The predicted molar refractivity (Wildman–Crippen MR) is 138 cm³/mol. The highest BCUT2D eigenvalue weighted by Crippen LogP contribution is 2.25. The number of methoxy groups -OCH3 is 1. The zero-order chi connectivity index (χ0) is 25.2. The number of hydrogen-bond acceptors (Lipinski definition) is 4. The highest BCUT2D eigenvalue weighted by atomic mass is 16.5. The molecule has 4 aromatic rings. The number of rotatable bonds is 6. The maximum absolute atomic E-state index is 13.7. The van der Waals surface area contributed by atoms with E-state index in [0.29, 0.717) is 44.0 Å². The van der Waals surface area contributed by atoms with E-state index in [9.17, 15) is 9.59 Å². The summed E-state index contributed by atoms with van der Waals surface area (Å²) in [7, 11) is 1.62. The van der Waals surface area contributed by atoms with Crippen molar-refractivity contribution < 1.29 is 18.7 Å². The van der Waals surface area contributed by atoms with Gasteiger partial charge in [0.25, 0.3) is 5.91 Å². The van der Waals surface area contributed by atoms with Crippen molar-refractivity contribution >= 4 is 22.9 Å². The van der Waals surface area contributed by atoms with Gasteiger partial charge in [-0.3, -0.25) is 9.59 Å². The van der Waals surface area contributed by atoms with Gasteiger partial charge in [-0.1, -0.05) is 42.0 Å². The Morgan fingerprint density at radius 3 is 2.56 bits per heavy atom. The van der Waals surface area contributed by atoms with Crippen molar-refractivity contribution in [2.75, 3.05) is 26.7 Å². The summed E-state index contributed by atoms with van der Waals surface area (Å²) in [5.41, 5.74) is 4.54. The number of nitrogens with zero attached hydrogens (tertiary/aromatic N) is 3. The fourth-order valence-electron chi connectivity index (χ4n) is 5.00. The maximum Gasteiger partial charge on any atom is 0.270 e. The molecule has 0 radical (unpaired) electrons. The van der Waals surface area contributed by atoms with Crippen LogP contribution in [0.2, 0.25) is 0 Å². The number of benzene rings is 2. The molecule has 0 N–H and O–H groups in total. The highest BCUT2D eigenvalue weighted by molar-refractivity contribution is 5.98. The normalized spacial score (nSPS) is 15.9. The van der Waals surface area contributed by atoms with Gasteiger partial charge in [0, 0.05) is 31.1 Å². The first-order valence-electron chi connectivity index (χ1n) is 12.3. The molecule has 2 aromatic heterocycles. The Kier molecular flexibility index (Phi) is 6.55. The van der Waals surface area contributed by atoms with Gasteiger partial charge in [0.05, 0.1) is 26.3 Å². The van der Waals surface area contributed by atoms with E-state index in [-0.39, 0.29) is 17.9 Å². The van der Waals surface area contributed by atoms with Crippen LogP contribution < -0.4 is 4.74 Å². The van der Waals surface area contributed by atoms with Crippen LogP contribution in [0.3, 0.4) is 0 Å². The minimum Gasteiger partial charge on any atom is -0.497 e. The molecule has 1 saturated heterocycles. The number of carbonyl (C=O) groups is 2. The summed E-state index contributed by atoms with van der Waals surface area (Å²) < 4.78 is 12.9. The second kappa shape index (κ2) is 9.93. The lowest BCUT2D eigenvalue weighted by Crippen LogP contribution is -2.56. The third-order valence-electron chi connectivity index (χ3n) is 6.89. The first-order valence-corrected chi connectivity index (χ1v) is 12.3. The Balaban J connectivity index is 1.30. The van der Waals surface area contributed by atoms with Gasteiger partial charge < -0.3 is 23.5 Å². The molecule has 0 aliphatic carbocycles. The SMILES string of the molecule is COc1ccc(CC(=O)N2CCN(C(=O)c3cc4ccoc4n3Cc3cccc(C)c3)CC2C)cc1. The summed E-state index contributed by atoms with van der Waals surface area (Å²) in [5, 5.41) is 0.910. The van der Waals surface area contributed by atoms with Crippen molar-refractivity contribution in [2.24, 2.45) is 0 Å². The number of piperazine rings is 1. The minimum absolute atomic E-state index is 0.0387. The van der Waals surface area contributed by atoms with Gasteiger partial charge in [0.15, 0.2) is 0 Å². The summed E-state index contributed by atoms with van der Waals surface area (Å²) in [4.78, 5) is 30.4. The molecule has 0 spiro atoms. The molecule has 2 amide bonds. The van der Waals surface area contributed by atoms with Gasteiger partial charge in [0.2, 0.25) is 11.6 Å². The first kappa shape index (κ1) is 23.7. The molecule has 7 heteroatoms. The van der Waals surface area contributed by atoms with Crippen molar-refractivity contribution in [3.05, 3.63) is 89.3 Å². The number of fused-ring (bicyclic) bond motifs is 1. The van der Waals surface area contributed by atoms with E-state index in [2.05, 4.69) is 25.1 Å². The van der Waals surface area contributed by atoms with E-state index in [1.54, 1.807) is 13.4 Å². The molecule has 3 heterocycles. The maximum atomic E-state index is 13.7. The fraction of sp³-hybridized carbons (Fsp3) is 0.310. The van der Waals surface area contributed by atoms with Crippen LogP contribution >= 0.6 is 0 Å². The summed E-state index contributed by atoms with van der Waals surface area (Å²) in [6, 6.07) is 19.6. The van der Waals surface area contributed by atoms with Crippen LogP contribution in [0.5, 0.6) is 5.75 Å². The van der Waals surface area contributed by atoms with Crippen LogP contribution in [0, 0.1) is 6.92 Å². The molecule has 1 aliphatic heterocycles. The second-order valence-electron chi connectivity index (χ2n) is 9.50. The number of aryl methyl sites for hydroxylation is 1. The van der Waals surface area contributed by atoms with E-state index < -0.39 is 0 Å². The van der Waals surface area contributed by atoms with Crippen LogP contribution in [0.25, 0.3) is 11.1 Å². The molecule has 1 fully saturated rings. The van der Waals surface area contributed by atoms with Crippen molar-refractivity contribution in [1.82, 2.24) is 14.4 Å². The molecule has 1 atom stereocenters. The van der Waals surface area contributed by atoms with E-state index in [0.717, 1.165) is 22.3 Å². The van der Waals surface area contributed by atoms with Gasteiger partial charge in [-0.2, -0.15) is 0 Å². The van der Waals surface area contributed by atoms with Gasteiger partial charge >= 0.3 is 0 Å². The molecule has 186 valence electrons. The highest BCUT2D eigenvalue weighted by Gasteiger charge is 2.32. The average molecular weight is 486 g/mol. The summed E-state index contributed by atoms with van der Waals surface area (Å²) in [5.74, 6) is 0.800.